The van der Waals surface area contributed by atoms with Crippen LogP contribution in [0.4, 0.5) is 0 Å². The minimum atomic E-state index is -0.635. The summed E-state index contributed by atoms with van der Waals surface area (Å²) in [5.41, 5.74) is 18.3. The van der Waals surface area contributed by atoms with E-state index in [2.05, 4.69) is 53.1 Å². The van der Waals surface area contributed by atoms with Crippen LogP contribution in [0.5, 0.6) is 0 Å². The van der Waals surface area contributed by atoms with E-state index >= 15 is 0 Å². The predicted molar refractivity (Wildman–Crippen MR) is 278 cm³/mol. The molecular weight excluding hydrogens is 875 g/mol. The van der Waals surface area contributed by atoms with E-state index in [4.69, 9.17) is 20.3 Å². The highest BCUT2D eigenvalue weighted by molar-refractivity contribution is 5.93. The van der Waals surface area contributed by atoms with E-state index in [1.54, 1.807) is 0 Å². The number of carbonyl (C=O) groups is 4. The highest BCUT2D eigenvalue weighted by Gasteiger charge is 2.40. The Labute approximate surface area is 414 Å². The van der Waals surface area contributed by atoms with Crippen LogP contribution in [0.15, 0.2) is 81.6 Å². The molecule has 0 radical (unpaired) electrons. The molecule has 2 aromatic heterocycles. The van der Waals surface area contributed by atoms with Gasteiger partial charge in [0.2, 0.25) is 17.7 Å². The second-order valence-corrected chi connectivity index (χ2v) is 21.4. The molecule has 4 fully saturated rings. The van der Waals surface area contributed by atoms with Crippen molar-refractivity contribution in [1.82, 2.24) is 15.5 Å². The number of hydrogen-bond donors (Lipinski definition) is 4. The highest BCUT2D eigenvalue weighted by Crippen LogP contribution is 2.42. The Balaban J connectivity index is 0.938. The Bertz CT molecular complexity index is 2590. The van der Waals surface area contributed by atoms with Gasteiger partial charge in [-0.05, 0) is 113 Å². The predicted octanol–water partition coefficient (Wildman–Crippen LogP) is 11.0. The van der Waals surface area contributed by atoms with E-state index in [9.17, 15) is 19.2 Å². The lowest BCUT2D eigenvalue weighted by Gasteiger charge is -2.35. The van der Waals surface area contributed by atoms with Crippen molar-refractivity contribution in [3.63, 3.8) is 0 Å². The van der Waals surface area contributed by atoms with Crippen LogP contribution in [0.25, 0.3) is 44.6 Å². The maximum absolute atomic E-state index is 14.6. The molecule has 7 atom stereocenters. The van der Waals surface area contributed by atoms with E-state index in [-0.39, 0.29) is 47.3 Å². The third-order valence-corrected chi connectivity index (χ3v) is 16.9. The molecule has 1 aliphatic heterocycles. The lowest BCUT2D eigenvalue weighted by atomic mass is 9.78. The van der Waals surface area contributed by atoms with Crippen molar-refractivity contribution in [2.45, 2.75) is 179 Å². The molecule has 0 bridgehead atoms. The summed E-state index contributed by atoms with van der Waals surface area (Å²) in [5, 5.41) is 8.47. The molecule has 3 aliphatic carbocycles. The first-order chi connectivity index (χ1) is 34.1. The fourth-order valence-electron chi connectivity index (χ4n) is 12.6. The molecule has 1 unspecified atom stereocenters. The Kier molecular flexibility index (Phi) is 16.2. The molecule has 11 nitrogen and oxygen atoms in total. The number of Topliss-reactive ketones (excluding diaryl/α,β-unsaturated/α-hetero) is 1. The van der Waals surface area contributed by atoms with Crippen molar-refractivity contribution >= 4 is 45.4 Å². The molecule has 3 amide bonds. The average Bonchev–Trinajstić information content (AvgIpc) is 4.08. The number of amides is 3. The second-order valence-electron chi connectivity index (χ2n) is 21.4. The first-order valence-corrected chi connectivity index (χ1v) is 27.2. The maximum Gasteiger partial charge on any atom is 0.245 e. The van der Waals surface area contributed by atoms with Gasteiger partial charge in [-0.15, -0.1) is 0 Å². The molecule has 0 spiro atoms. The van der Waals surface area contributed by atoms with E-state index in [1.807, 2.05) is 49.1 Å². The summed E-state index contributed by atoms with van der Waals surface area (Å²) in [6.45, 7) is 4.48. The van der Waals surface area contributed by atoms with E-state index in [1.165, 1.54) is 12.0 Å². The quantitative estimate of drug-likeness (QED) is 0.0666. The SMILES string of the molecule is CC[C@H](N)C(=O)N[C@H](C(=O)C1CCC[C@@H](Cc2c(-c3ccc(-c4oc5ccccc5c4C[C@@H]4CCCN4C(=O)[C@@H](NC(=O)[C@@H](N)CC)C4CCCCC4)cc3)oc3ccccc23)CC1)C1CCCCC1. The number of furan rings is 2. The molecule has 6 N–H and O–H groups in total. The van der Waals surface area contributed by atoms with E-state index < -0.39 is 24.2 Å². The van der Waals surface area contributed by atoms with Crippen molar-refractivity contribution in [3.8, 4) is 22.6 Å². The number of nitrogens with two attached hydrogens (primary N) is 2. The molecular formula is C59H77N5O6. The third-order valence-electron chi connectivity index (χ3n) is 16.9. The summed E-state index contributed by atoms with van der Waals surface area (Å²) in [4.78, 5) is 57.4. The van der Waals surface area contributed by atoms with Crippen molar-refractivity contribution in [2.75, 3.05) is 6.54 Å². The first kappa shape index (κ1) is 49.7. The summed E-state index contributed by atoms with van der Waals surface area (Å²) in [6.07, 6.45) is 19.5. The summed E-state index contributed by atoms with van der Waals surface area (Å²) >= 11 is 0. The van der Waals surface area contributed by atoms with Crippen molar-refractivity contribution in [3.05, 3.63) is 83.9 Å². The summed E-state index contributed by atoms with van der Waals surface area (Å²) in [6, 6.07) is 22.8. The summed E-state index contributed by atoms with van der Waals surface area (Å²) in [5.74, 6) is 2.08. The van der Waals surface area contributed by atoms with Crippen molar-refractivity contribution in [2.24, 2.45) is 35.1 Å². The number of rotatable bonds is 17. The van der Waals surface area contributed by atoms with E-state index in [0.29, 0.717) is 31.7 Å². The van der Waals surface area contributed by atoms with Crippen LogP contribution in [0.2, 0.25) is 0 Å². The van der Waals surface area contributed by atoms with Gasteiger partial charge >= 0.3 is 0 Å². The number of para-hydroxylation sites is 2. The Morgan fingerprint density at radius 3 is 1.64 bits per heavy atom. The molecule has 3 aromatic carbocycles. The lowest BCUT2D eigenvalue weighted by Crippen LogP contribution is -2.56. The fraction of sp³-hybridized carbons (Fsp3) is 0.559. The number of benzene rings is 3. The maximum atomic E-state index is 14.6. The van der Waals surface area contributed by atoms with Crippen molar-refractivity contribution < 1.29 is 28.0 Å². The standard InChI is InChI=1S/C59H77N5O6/c1-3-48(60)57(66)62-52(38-18-7-5-8-19-38)54(65)40-22-15-17-37(28-29-40)35-46-44-24-11-13-26-50(44)69-55(46)41-30-32-42(33-31-41)56-47(45-25-12-14-27-51(45)70-56)36-43-23-16-34-64(43)59(68)53(39-20-9-6-10-21-39)63-58(67)49(61)4-2/h11-14,24-27,30-33,37-40,43,48-49,52-53H,3-10,15-23,28-29,34-36,60-61H2,1-2H3,(H,62,66)(H,63,67)/t37-,40?,43+,48+,49+,52+,53+/m1/s1. The molecule has 3 heterocycles. The topological polar surface area (TPSA) is 174 Å². The number of ketones is 1. The lowest BCUT2D eigenvalue weighted by molar-refractivity contribution is -0.139. The number of fused-ring (bicyclic) bond motifs is 2. The van der Waals surface area contributed by atoms with Crippen LogP contribution < -0.4 is 22.1 Å². The van der Waals surface area contributed by atoms with Gasteiger partial charge in [0.25, 0.3) is 0 Å². The fourth-order valence-corrected chi connectivity index (χ4v) is 12.6. The van der Waals surface area contributed by atoms with Crippen molar-refractivity contribution in [1.29, 1.82) is 0 Å². The van der Waals surface area contributed by atoms with Gasteiger partial charge in [-0.3, -0.25) is 19.2 Å². The number of likely N-dealkylation sites (tertiary alicyclic amines) is 1. The monoisotopic (exact) mass is 952 g/mol. The Morgan fingerprint density at radius 1 is 0.571 bits per heavy atom. The number of hydrogen-bond acceptors (Lipinski definition) is 8. The van der Waals surface area contributed by atoms with Crippen LogP contribution in [0, 0.1) is 23.7 Å². The Hall–Kier alpha value is -5.26. The van der Waals surface area contributed by atoms with Crippen LogP contribution in [-0.4, -0.2) is 65.2 Å². The molecule has 70 heavy (non-hydrogen) atoms. The normalized spacial score (nSPS) is 22.3. The van der Waals surface area contributed by atoms with Gasteiger partial charge in [0.15, 0.2) is 5.78 Å². The van der Waals surface area contributed by atoms with E-state index in [0.717, 1.165) is 159 Å². The third kappa shape index (κ3) is 11.0. The zero-order valence-electron chi connectivity index (χ0n) is 41.7. The second kappa shape index (κ2) is 22.9. The minimum Gasteiger partial charge on any atom is -0.456 e. The minimum absolute atomic E-state index is 0.0188. The van der Waals surface area contributed by atoms with Crippen LogP contribution in [-0.2, 0) is 32.0 Å². The summed E-state index contributed by atoms with van der Waals surface area (Å²) < 4.78 is 13.4. The molecule has 5 aromatic rings. The van der Waals surface area contributed by atoms with Gasteiger partial charge < -0.3 is 35.8 Å². The van der Waals surface area contributed by atoms with Gasteiger partial charge in [0.05, 0.1) is 18.1 Å². The number of nitrogens with zero attached hydrogens (tertiary/aromatic N) is 1. The number of nitrogens with one attached hydrogen (secondary N) is 2. The smallest absolute Gasteiger partial charge is 0.245 e. The van der Waals surface area contributed by atoms with Crippen LogP contribution >= 0.6 is 0 Å². The molecule has 11 heteroatoms. The first-order valence-electron chi connectivity index (χ1n) is 27.2. The molecule has 374 valence electrons. The molecule has 3 saturated carbocycles. The van der Waals surface area contributed by atoms with Gasteiger partial charge in [0.1, 0.15) is 28.7 Å². The van der Waals surface area contributed by atoms with Crippen LogP contribution in [0.3, 0.4) is 0 Å². The van der Waals surface area contributed by atoms with Gasteiger partial charge in [-0.2, -0.15) is 0 Å². The zero-order valence-corrected chi connectivity index (χ0v) is 41.7. The zero-order chi connectivity index (χ0) is 48.7. The van der Waals surface area contributed by atoms with Crippen LogP contribution in [0.1, 0.15) is 147 Å². The number of carbonyl (C=O) groups excluding carboxylic acids is 4. The van der Waals surface area contributed by atoms with Gasteiger partial charge in [0, 0.05) is 51.5 Å². The largest absolute Gasteiger partial charge is 0.456 e. The average molecular weight is 952 g/mol. The molecule has 9 rings (SSSR count). The van der Waals surface area contributed by atoms with Gasteiger partial charge in [-0.25, -0.2) is 0 Å². The Morgan fingerprint density at radius 2 is 1.09 bits per heavy atom. The molecule has 4 aliphatic rings. The summed E-state index contributed by atoms with van der Waals surface area (Å²) in [7, 11) is 0. The molecule has 1 saturated heterocycles. The highest BCUT2D eigenvalue weighted by atomic mass is 16.3. The van der Waals surface area contributed by atoms with Gasteiger partial charge in [-0.1, -0.05) is 126 Å².